The predicted octanol–water partition coefficient (Wildman–Crippen LogP) is 5.45. The highest BCUT2D eigenvalue weighted by Crippen LogP contribution is 2.27. The number of rotatable bonds is 11. The molecule has 1 aromatic heterocycles. The van der Waals surface area contributed by atoms with Crippen LogP contribution >= 0.6 is 0 Å². The van der Waals surface area contributed by atoms with Crippen LogP contribution in [0.25, 0.3) is 0 Å². The summed E-state index contributed by atoms with van der Waals surface area (Å²) in [6, 6.07) is 14.1. The number of Topliss-reactive ketones (excluding diaryl/α,β-unsaturated/α-hetero) is 1. The molecule has 43 heavy (non-hydrogen) atoms. The SMILES string of the molecule is CCc1cc(C(=O)C(F)(F)F)cc(C)c1C(=O)NC(Cc1ccc(N2CCC(CNc3ccccn3)CC2)cc1)C(=O)O. The van der Waals surface area contributed by atoms with E-state index in [0.717, 1.165) is 56.1 Å². The summed E-state index contributed by atoms with van der Waals surface area (Å²) >= 11 is 0. The lowest BCUT2D eigenvalue weighted by Crippen LogP contribution is -2.43. The number of nitrogens with zero attached hydrogens (tertiary/aromatic N) is 2. The van der Waals surface area contributed by atoms with Gasteiger partial charge in [-0.1, -0.05) is 25.1 Å². The number of pyridine rings is 1. The lowest BCUT2D eigenvalue weighted by Gasteiger charge is -2.34. The van der Waals surface area contributed by atoms with E-state index in [1.165, 1.54) is 6.92 Å². The number of hydrogen-bond acceptors (Lipinski definition) is 6. The van der Waals surface area contributed by atoms with Crippen molar-refractivity contribution in [3.63, 3.8) is 0 Å². The number of carbonyl (C=O) groups is 3. The van der Waals surface area contributed by atoms with Gasteiger partial charge in [0.1, 0.15) is 11.9 Å². The summed E-state index contributed by atoms with van der Waals surface area (Å²) in [5.74, 6) is -2.54. The van der Waals surface area contributed by atoms with Gasteiger partial charge in [0.2, 0.25) is 0 Å². The van der Waals surface area contributed by atoms with Crippen molar-refractivity contribution in [2.75, 3.05) is 29.9 Å². The molecule has 1 atom stereocenters. The predicted molar refractivity (Wildman–Crippen MR) is 158 cm³/mol. The molecule has 3 aromatic rings. The number of aromatic nitrogens is 1. The highest BCUT2D eigenvalue weighted by molar-refractivity contribution is 6.04. The second-order valence-electron chi connectivity index (χ2n) is 10.8. The highest BCUT2D eigenvalue weighted by atomic mass is 19.4. The van der Waals surface area contributed by atoms with Gasteiger partial charge in [0.05, 0.1) is 0 Å². The molecular formula is C32H35F3N4O4. The van der Waals surface area contributed by atoms with Crippen LogP contribution in [0.4, 0.5) is 24.7 Å². The first-order valence-electron chi connectivity index (χ1n) is 14.2. The smallest absolute Gasteiger partial charge is 0.454 e. The number of ketones is 1. The summed E-state index contributed by atoms with van der Waals surface area (Å²) in [6.07, 6.45) is -1.02. The number of aryl methyl sites for hydroxylation is 2. The van der Waals surface area contributed by atoms with Crippen molar-refractivity contribution in [3.8, 4) is 0 Å². The van der Waals surface area contributed by atoms with E-state index < -0.39 is 35.4 Å². The fraction of sp³-hybridized carbons (Fsp3) is 0.375. The number of anilines is 2. The molecule has 2 aromatic carbocycles. The Hall–Kier alpha value is -4.41. The summed E-state index contributed by atoms with van der Waals surface area (Å²) in [5.41, 5.74) is 1.65. The number of hydrogen-bond donors (Lipinski definition) is 3. The number of alkyl halides is 3. The summed E-state index contributed by atoms with van der Waals surface area (Å²) < 4.78 is 38.9. The van der Waals surface area contributed by atoms with Gasteiger partial charge in [-0.2, -0.15) is 13.2 Å². The Morgan fingerprint density at radius 1 is 1.07 bits per heavy atom. The Balaban J connectivity index is 1.36. The van der Waals surface area contributed by atoms with Crippen molar-refractivity contribution in [2.24, 2.45) is 5.92 Å². The third-order valence-electron chi connectivity index (χ3n) is 7.74. The maximum absolute atomic E-state index is 13.1. The van der Waals surface area contributed by atoms with Gasteiger partial charge >= 0.3 is 12.1 Å². The zero-order valence-corrected chi connectivity index (χ0v) is 24.1. The molecule has 4 rings (SSSR count). The molecule has 1 fully saturated rings. The van der Waals surface area contributed by atoms with E-state index in [-0.39, 0.29) is 29.5 Å². The second kappa shape index (κ2) is 13.7. The van der Waals surface area contributed by atoms with Gasteiger partial charge in [-0.3, -0.25) is 9.59 Å². The Kier molecular flexibility index (Phi) is 10.1. The first-order chi connectivity index (χ1) is 20.5. The van der Waals surface area contributed by atoms with Crippen LogP contribution in [0.5, 0.6) is 0 Å². The lowest BCUT2D eigenvalue weighted by atomic mass is 9.94. The van der Waals surface area contributed by atoms with Crippen LogP contribution in [0.15, 0.2) is 60.8 Å². The fourth-order valence-electron chi connectivity index (χ4n) is 5.38. The molecule has 3 N–H and O–H groups in total. The first kappa shape index (κ1) is 31.5. The maximum Gasteiger partial charge on any atom is 0.454 e. The van der Waals surface area contributed by atoms with E-state index in [2.05, 4.69) is 20.5 Å². The van der Waals surface area contributed by atoms with E-state index in [1.807, 2.05) is 42.5 Å². The van der Waals surface area contributed by atoms with Crippen molar-refractivity contribution in [3.05, 3.63) is 88.6 Å². The van der Waals surface area contributed by atoms with E-state index in [4.69, 9.17) is 0 Å². The van der Waals surface area contributed by atoms with Crippen LogP contribution in [0.1, 0.15) is 57.2 Å². The minimum absolute atomic E-state index is 0.0216. The molecule has 2 heterocycles. The molecule has 1 unspecified atom stereocenters. The zero-order valence-electron chi connectivity index (χ0n) is 24.1. The molecule has 1 amide bonds. The minimum atomic E-state index is -5.04. The second-order valence-corrected chi connectivity index (χ2v) is 10.8. The Labute approximate surface area is 248 Å². The number of amides is 1. The third-order valence-corrected chi connectivity index (χ3v) is 7.74. The average molecular weight is 597 g/mol. The highest BCUT2D eigenvalue weighted by Gasteiger charge is 2.40. The molecule has 1 aliphatic heterocycles. The van der Waals surface area contributed by atoms with Gasteiger partial charge in [-0.25, -0.2) is 9.78 Å². The quantitative estimate of drug-likeness (QED) is 0.253. The number of carboxylic acids is 1. The van der Waals surface area contributed by atoms with Crippen LogP contribution in [-0.2, 0) is 17.6 Å². The minimum Gasteiger partial charge on any atom is -0.480 e. The number of piperidine rings is 1. The van der Waals surface area contributed by atoms with Gasteiger partial charge in [-0.05, 0) is 85.2 Å². The van der Waals surface area contributed by atoms with Crippen molar-refractivity contribution >= 4 is 29.2 Å². The number of carboxylic acid groups (broad SMARTS) is 1. The number of nitrogens with one attached hydrogen (secondary N) is 2. The Morgan fingerprint density at radius 2 is 1.77 bits per heavy atom. The van der Waals surface area contributed by atoms with E-state index >= 15 is 0 Å². The molecule has 1 aliphatic rings. The van der Waals surface area contributed by atoms with Crippen LogP contribution in [0.2, 0.25) is 0 Å². The molecule has 8 nitrogen and oxygen atoms in total. The van der Waals surface area contributed by atoms with E-state index in [9.17, 15) is 32.7 Å². The fourth-order valence-corrected chi connectivity index (χ4v) is 5.38. The number of halogens is 3. The number of carbonyl (C=O) groups excluding carboxylic acids is 2. The van der Waals surface area contributed by atoms with Crippen molar-refractivity contribution < 1.29 is 32.7 Å². The summed E-state index contributed by atoms with van der Waals surface area (Å²) in [5, 5.41) is 15.7. The van der Waals surface area contributed by atoms with Crippen LogP contribution in [0.3, 0.4) is 0 Å². The third kappa shape index (κ3) is 8.12. The normalized spacial score (nSPS) is 14.7. The number of benzene rings is 2. The van der Waals surface area contributed by atoms with Crippen LogP contribution in [-0.4, -0.2) is 59.6 Å². The summed E-state index contributed by atoms with van der Waals surface area (Å²) in [6.45, 7) is 5.73. The Bertz CT molecular complexity index is 1440. The molecule has 0 saturated carbocycles. The van der Waals surface area contributed by atoms with Gasteiger partial charge in [-0.15, -0.1) is 0 Å². The van der Waals surface area contributed by atoms with E-state index in [1.54, 1.807) is 13.1 Å². The molecule has 1 saturated heterocycles. The number of aliphatic carboxylic acids is 1. The average Bonchev–Trinajstić information content (AvgIpc) is 2.99. The topological polar surface area (TPSA) is 112 Å². The maximum atomic E-state index is 13.1. The first-order valence-corrected chi connectivity index (χ1v) is 14.2. The molecule has 0 spiro atoms. The van der Waals surface area contributed by atoms with Gasteiger partial charge < -0.3 is 20.6 Å². The van der Waals surface area contributed by atoms with Crippen molar-refractivity contribution in [1.82, 2.24) is 10.3 Å². The van der Waals surface area contributed by atoms with Gasteiger partial charge in [0, 0.05) is 49.1 Å². The van der Waals surface area contributed by atoms with Gasteiger partial charge in [0.15, 0.2) is 0 Å². The van der Waals surface area contributed by atoms with E-state index in [0.29, 0.717) is 11.5 Å². The van der Waals surface area contributed by atoms with Crippen molar-refractivity contribution in [1.29, 1.82) is 0 Å². The standard InChI is InChI=1S/C32H35F3N4O4/c1-3-23-18-24(29(40)32(33,34)35)16-20(2)28(23)30(41)38-26(31(42)43)17-21-7-9-25(10-8-21)39-14-11-22(12-15-39)19-37-27-6-4-5-13-36-27/h4-10,13,16,18,22,26H,3,11-12,14-15,17,19H2,1-2H3,(H,36,37)(H,38,41)(H,42,43). The molecule has 11 heteroatoms. The molecule has 0 aliphatic carbocycles. The van der Waals surface area contributed by atoms with Crippen LogP contribution < -0.4 is 15.5 Å². The zero-order chi connectivity index (χ0) is 31.1. The summed E-state index contributed by atoms with van der Waals surface area (Å²) in [4.78, 5) is 43.5. The molecule has 0 bridgehead atoms. The molecular weight excluding hydrogens is 561 g/mol. The molecule has 0 radical (unpaired) electrons. The van der Waals surface area contributed by atoms with Gasteiger partial charge in [0.25, 0.3) is 11.7 Å². The molecule has 228 valence electrons. The van der Waals surface area contributed by atoms with Crippen LogP contribution in [0, 0.1) is 12.8 Å². The van der Waals surface area contributed by atoms with Crippen molar-refractivity contribution in [2.45, 2.75) is 51.7 Å². The Morgan fingerprint density at radius 3 is 2.35 bits per heavy atom. The largest absolute Gasteiger partial charge is 0.480 e. The summed E-state index contributed by atoms with van der Waals surface area (Å²) in [7, 11) is 0. The lowest BCUT2D eigenvalue weighted by molar-refractivity contribution is -0.139. The monoisotopic (exact) mass is 596 g/mol.